The van der Waals surface area contributed by atoms with Crippen LogP contribution in [0.3, 0.4) is 0 Å². The first-order valence-electron chi connectivity index (χ1n) is 12.6. The van der Waals surface area contributed by atoms with Gasteiger partial charge in [-0.15, -0.1) is 0 Å². The highest BCUT2D eigenvalue weighted by molar-refractivity contribution is 7.92. The Morgan fingerprint density at radius 3 is 2.51 bits per heavy atom. The number of hydrogen-bond acceptors (Lipinski definition) is 6. The van der Waals surface area contributed by atoms with E-state index in [1.165, 1.54) is 6.20 Å². The van der Waals surface area contributed by atoms with Crippen LogP contribution in [0.1, 0.15) is 56.0 Å². The van der Waals surface area contributed by atoms with Gasteiger partial charge in [0.05, 0.1) is 22.3 Å². The molecule has 0 aliphatic carbocycles. The maximum atomic E-state index is 13.7. The minimum absolute atomic E-state index is 0.0858. The fourth-order valence-corrected chi connectivity index (χ4v) is 5.88. The van der Waals surface area contributed by atoms with E-state index in [4.69, 9.17) is 0 Å². The molecule has 190 valence electrons. The van der Waals surface area contributed by atoms with E-state index in [0.29, 0.717) is 29.5 Å². The Bertz CT molecular complexity index is 1130. The molecule has 0 bridgehead atoms. The lowest BCUT2D eigenvalue weighted by molar-refractivity contribution is 0.0636. The van der Waals surface area contributed by atoms with Crippen LogP contribution in [-0.4, -0.2) is 63.0 Å². The van der Waals surface area contributed by atoms with Crippen LogP contribution in [0.25, 0.3) is 0 Å². The topological polar surface area (TPSA) is 94.6 Å². The highest BCUT2D eigenvalue weighted by Crippen LogP contribution is 2.28. The number of piperidine rings is 1. The normalized spacial score (nSPS) is 19.1. The van der Waals surface area contributed by atoms with Gasteiger partial charge in [0.2, 0.25) is 0 Å². The van der Waals surface area contributed by atoms with E-state index in [1.54, 1.807) is 18.2 Å². The second-order valence-electron chi connectivity index (χ2n) is 10.0. The van der Waals surface area contributed by atoms with Crippen LogP contribution in [0.15, 0.2) is 41.4 Å². The van der Waals surface area contributed by atoms with Gasteiger partial charge in [0.25, 0.3) is 15.9 Å². The average molecular weight is 500 g/mol. The summed E-state index contributed by atoms with van der Waals surface area (Å²) in [7, 11) is -3.81. The summed E-state index contributed by atoms with van der Waals surface area (Å²) in [6.07, 6.45) is 5.47. The second-order valence-corrected chi connectivity index (χ2v) is 11.7. The Morgan fingerprint density at radius 1 is 1.14 bits per heavy atom. The van der Waals surface area contributed by atoms with Crippen LogP contribution in [0.5, 0.6) is 0 Å². The van der Waals surface area contributed by atoms with Crippen molar-refractivity contribution < 1.29 is 13.2 Å². The fourth-order valence-electron chi connectivity index (χ4n) is 4.84. The first kappa shape index (κ1) is 25.4. The molecule has 2 fully saturated rings. The van der Waals surface area contributed by atoms with Gasteiger partial charge in [-0.2, -0.15) is 0 Å². The van der Waals surface area contributed by atoms with Gasteiger partial charge in [0.1, 0.15) is 5.82 Å². The van der Waals surface area contributed by atoms with Crippen molar-refractivity contribution in [2.24, 2.45) is 5.92 Å². The quantitative estimate of drug-likeness (QED) is 0.606. The highest BCUT2D eigenvalue weighted by Gasteiger charge is 2.29. The minimum atomic E-state index is -3.81. The van der Waals surface area contributed by atoms with E-state index >= 15 is 0 Å². The van der Waals surface area contributed by atoms with Crippen molar-refractivity contribution in [3.63, 3.8) is 0 Å². The number of amides is 1. The van der Waals surface area contributed by atoms with Crippen LogP contribution < -0.4 is 14.9 Å². The van der Waals surface area contributed by atoms with E-state index in [9.17, 15) is 13.2 Å². The zero-order valence-electron chi connectivity index (χ0n) is 21.0. The van der Waals surface area contributed by atoms with Gasteiger partial charge in [-0.25, -0.2) is 13.4 Å². The van der Waals surface area contributed by atoms with Gasteiger partial charge in [-0.1, -0.05) is 26.0 Å². The molecular formula is C26H37N5O3S. The van der Waals surface area contributed by atoms with Gasteiger partial charge < -0.3 is 15.1 Å². The number of carbonyl (C=O) groups excluding carboxylic acids is 1. The molecule has 1 aromatic carbocycles. The number of rotatable bonds is 7. The summed E-state index contributed by atoms with van der Waals surface area (Å²) in [5, 5.41) is 3.32. The Balaban J connectivity index is 1.62. The molecule has 4 rings (SSSR count). The molecule has 2 N–H and O–H groups in total. The molecule has 1 atom stereocenters. The third-order valence-electron chi connectivity index (χ3n) is 6.71. The summed E-state index contributed by atoms with van der Waals surface area (Å²) in [6.45, 7) is 10.2. The predicted octanol–water partition coefficient (Wildman–Crippen LogP) is 3.51. The van der Waals surface area contributed by atoms with Crippen LogP contribution >= 0.6 is 0 Å². The molecule has 1 amide bonds. The van der Waals surface area contributed by atoms with Gasteiger partial charge >= 0.3 is 0 Å². The van der Waals surface area contributed by atoms with Gasteiger partial charge in [-0.3, -0.25) is 9.52 Å². The Morgan fingerprint density at radius 2 is 1.86 bits per heavy atom. The number of anilines is 2. The van der Waals surface area contributed by atoms with Gasteiger partial charge in [0.15, 0.2) is 0 Å². The molecule has 2 aliphatic rings. The first-order chi connectivity index (χ1) is 16.7. The summed E-state index contributed by atoms with van der Waals surface area (Å²) in [5.74, 6) is 1.03. The molecule has 9 heteroatoms. The molecule has 2 saturated heterocycles. The molecule has 0 spiro atoms. The van der Waals surface area contributed by atoms with Crippen molar-refractivity contribution in [2.75, 3.05) is 42.3 Å². The number of carbonyl (C=O) groups is 1. The number of likely N-dealkylation sites (tertiary alicyclic amines) is 1. The lowest BCUT2D eigenvalue weighted by Crippen LogP contribution is -2.46. The van der Waals surface area contributed by atoms with E-state index in [0.717, 1.165) is 57.4 Å². The number of piperazine rings is 1. The zero-order chi connectivity index (χ0) is 25.0. The third-order valence-corrected chi connectivity index (χ3v) is 8.10. The maximum Gasteiger partial charge on any atom is 0.261 e. The Labute approximate surface area is 209 Å². The van der Waals surface area contributed by atoms with Crippen LogP contribution in [0.4, 0.5) is 11.5 Å². The lowest BCUT2D eigenvalue weighted by atomic mass is 10.0. The van der Waals surface area contributed by atoms with Crippen molar-refractivity contribution in [2.45, 2.75) is 57.4 Å². The number of hydrogen-bond donors (Lipinski definition) is 2. The van der Waals surface area contributed by atoms with E-state index in [-0.39, 0.29) is 16.8 Å². The second kappa shape index (κ2) is 11.0. The summed E-state index contributed by atoms with van der Waals surface area (Å²) in [4.78, 5) is 22.4. The van der Waals surface area contributed by atoms with Crippen molar-refractivity contribution in [3.05, 3.63) is 47.7 Å². The smallest absolute Gasteiger partial charge is 0.261 e. The zero-order valence-corrected chi connectivity index (χ0v) is 21.8. The first-order valence-corrected chi connectivity index (χ1v) is 14.1. The minimum Gasteiger partial charge on any atom is -0.353 e. The molecule has 8 nitrogen and oxygen atoms in total. The molecule has 1 aromatic heterocycles. The monoisotopic (exact) mass is 499 g/mol. The van der Waals surface area contributed by atoms with Crippen LogP contribution in [0.2, 0.25) is 0 Å². The largest absolute Gasteiger partial charge is 0.353 e. The molecule has 3 heterocycles. The average Bonchev–Trinajstić information content (AvgIpc) is 2.84. The molecule has 0 saturated carbocycles. The van der Waals surface area contributed by atoms with E-state index < -0.39 is 10.0 Å². The van der Waals surface area contributed by atoms with Crippen molar-refractivity contribution in [1.82, 2.24) is 15.2 Å². The predicted molar refractivity (Wildman–Crippen MR) is 139 cm³/mol. The highest BCUT2D eigenvalue weighted by atomic mass is 32.2. The van der Waals surface area contributed by atoms with Crippen molar-refractivity contribution in [1.29, 1.82) is 0 Å². The lowest BCUT2D eigenvalue weighted by Gasteiger charge is -2.35. The van der Waals surface area contributed by atoms with E-state index in [1.807, 2.05) is 17.0 Å². The number of aromatic nitrogens is 1. The number of benzene rings is 1. The van der Waals surface area contributed by atoms with Crippen LogP contribution in [0, 0.1) is 5.92 Å². The number of nitrogens with one attached hydrogen (secondary N) is 2. The van der Waals surface area contributed by atoms with Gasteiger partial charge in [0, 0.05) is 38.8 Å². The number of pyridine rings is 1. The standard InChI is InChI=1S/C26H37N5O3S/c1-19(2)16-21-7-9-23(10-8-21)35(33,34)29-22-17-24(26(32)31-13-5-4-6-20(31)3)25(28-18-22)30-14-11-27-12-15-30/h7-10,17-20,27,29H,4-6,11-16H2,1-3H3/t20-/m1/s1. The van der Waals surface area contributed by atoms with Crippen molar-refractivity contribution in [3.8, 4) is 0 Å². The Hall–Kier alpha value is -2.65. The summed E-state index contributed by atoms with van der Waals surface area (Å²) >= 11 is 0. The van der Waals surface area contributed by atoms with Crippen LogP contribution in [-0.2, 0) is 16.4 Å². The summed E-state index contributed by atoms with van der Waals surface area (Å²) < 4.78 is 28.8. The SMILES string of the molecule is CC(C)Cc1ccc(S(=O)(=O)Nc2cnc(N3CCNCC3)c(C(=O)N3CCCC[C@H]3C)c2)cc1. The van der Waals surface area contributed by atoms with Crippen molar-refractivity contribution >= 4 is 27.4 Å². The Kier molecular flexibility index (Phi) is 7.96. The molecule has 2 aromatic rings. The van der Waals surface area contributed by atoms with E-state index in [2.05, 4.69) is 40.7 Å². The summed E-state index contributed by atoms with van der Waals surface area (Å²) in [6, 6.07) is 8.77. The fraction of sp³-hybridized carbons (Fsp3) is 0.538. The number of nitrogens with zero attached hydrogens (tertiary/aromatic N) is 3. The third kappa shape index (κ3) is 6.13. The summed E-state index contributed by atoms with van der Waals surface area (Å²) in [5.41, 5.74) is 1.85. The maximum absolute atomic E-state index is 13.7. The molecule has 35 heavy (non-hydrogen) atoms. The molecule has 2 aliphatic heterocycles. The molecular weight excluding hydrogens is 462 g/mol. The van der Waals surface area contributed by atoms with Gasteiger partial charge in [-0.05, 0) is 62.3 Å². The molecule has 0 radical (unpaired) electrons. The molecule has 0 unspecified atom stereocenters. The number of sulfonamides is 1.